The van der Waals surface area contributed by atoms with Gasteiger partial charge < -0.3 is 20.5 Å². The number of aliphatic carboxylic acids is 1. The number of rotatable bonds is 4. The first-order chi connectivity index (χ1) is 5.00. The predicted octanol–water partition coefficient (Wildman–Crippen LogP) is -1.54. The third-order valence-corrected chi connectivity index (χ3v) is 1.18. The fraction of sp³-hybridized carbons (Fsp3) is 0.800. The van der Waals surface area contributed by atoms with Crippen molar-refractivity contribution in [3.63, 3.8) is 0 Å². The Bertz CT molecular complexity index is 137. The number of nitrogens with zero attached hydrogens (tertiary/aromatic N) is 1. The van der Waals surface area contributed by atoms with Crippen LogP contribution in [0.3, 0.4) is 0 Å². The van der Waals surface area contributed by atoms with Crippen LogP contribution in [0, 0.1) is 0 Å². The predicted molar refractivity (Wildman–Crippen MR) is 33.8 cm³/mol. The molecule has 0 aliphatic rings. The largest absolute Gasteiger partial charge is 0.480 e. The summed E-state index contributed by atoms with van der Waals surface area (Å²) in [6.07, 6.45) is -2.09. The lowest BCUT2D eigenvalue weighted by Gasteiger charge is -2.21. The zero-order chi connectivity index (χ0) is 9.02. The normalized spacial score (nSPS) is 14.0. The lowest BCUT2D eigenvalue weighted by atomic mass is 10.3. The van der Waals surface area contributed by atoms with E-state index in [2.05, 4.69) is 0 Å². The second-order valence-electron chi connectivity index (χ2n) is 1.95. The van der Waals surface area contributed by atoms with Crippen molar-refractivity contribution in [2.75, 3.05) is 6.54 Å². The summed E-state index contributed by atoms with van der Waals surface area (Å²) in [6, 6.07) is -1.68. The number of carbonyl (C=O) groups is 1. The first-order valence-electron chi connectivity index (χ1n) is 3.05. The second kappa shape index (κ2) is 4.24. The zero-order valence-electron chi connectivity index (χ0n) is 6.01. The molecule has 0 saturated carbocycles. The first kappa shape index (κ1) is 10.3. The highest BCUT2D eigenvalue weighted by molar-refractivity contribution is 5.73. The molecule has 0 bridgehead atoms. The average Bonchev–Trinajstić information content (AvgIpc) is 1.85. The van der Waals surface area contributed by atoms with Crippen molar-refractivity contribution in [3.05, 3.63) is 0 Å². The highest BCUT2D eigenvalue weighted by Gasteiger charge is 2.29. The van der Waals surface area contributed by atoms with Crippen molar-refractivity contribution in [1.29, 1.82) is 0 Å². The van der Waals surface area contributed by atoms with Crippen molar-refractivity contribution in [1.82, 2.24) is 5.06 Å². The molecule has 0 saturated heterocycles. The Balaban J connectivity index is 4.21. The zero-order valence-corrected chi connectivity index (χ0v) is 6.01. The van der Waals surface area contributed by atoms with Crippen LogP contribution in [0.2, 0.25) is 0 Å². The molecule has 6 heteroatoms. The van der Waals surface area contributed by atoms with Gasteiger partial charge in [-0.05, 0) is 0 Å². The van der Waals surface area contributed by atoms with Gasteiger partial charge in [-0.15, -0.1) is 0 Å². The fourth-order valence-corrected chi connectivity index (χ4v) is 0.606. The van der Waals surface area contributed by atoms with Crippen molar-refractivity contribution >= 4 is 5.97 Å². The molecule has 0 aliphatic heterocycles. The number of aliphatic hydroxyl groups excluding tert-OH is 1. The Morgan fingerprint density at radius 1 is 1.55 bits per heavy atom. The standard InChI is InChI=1S/C5H11NO5/c1-2-6(11)3(4(7)8)5(9)10/h3-4,7-8,11H,2H2,1H3,(H,9,10)/t3-/m0/s1. The molecular formula is C5H11NO5. The molecule has 1 atom stereocenters. The Morgan fingerprint density at radius 2 is 2.00 bits per heavy atom. The minimum Gasteiger partial charge on any atom is -0.480 e. The summed E-state index contributed by atoms with van der Waals surface area (Å²) in [7, 11) is 0. The number of hydrogen-bond donors (Lipinski definition) is 4. The molecule has 0 rings (SSSR count). The van der Waals surface area contributed by atoms with Gasteiger partial charge >= 0.3 is 5.97 Å². The third kappa shape index (κ3) is 2.81. The minimum absolute atomic E-state index is 0.00852. The lowest BCUT2D eigenvalue weighted by Crippen LogP contribution is -2.47. The molecule has 66 valence electrons. The van der Waals surface area contributed by atoms with E-state index in [1.165, 1.54) is 6.92 Å². The Kier molecular flexibility index (Phi) is 3.98. The van der Waals surface area contributed by atoms with Gasteiger partial charge in [-0.25, -0.2) is 0 Å². The van der Waals surface area contributed by atoms with Crippen LogP contribution in [-0.2, 0) is 4.79 Å². The Labute approximate surface area is 63.3 Å². The van der Waals surface area contributed by atoms with Crippen molar-refractivity contribution < 1.29 is 25.3 Å². The molecular weight excluding hydrogens is 154 g/mol. The third-order valence-electron chi connectivity index (χ3n) is 1.18. The molecule has 0 amide bonds. The van der Waals surface area contributed by atoms with E-state index >= 15 is 0 Å². The van der Waals surface area contributed by atoms with Crippen LogP contribution < -0.4 is 0 Å². The molecule has 11 heavy (non-hydrogen) atoms. The van der Waals surface area contributed by atoms with Gasteiger partial charge in [0, 0.05) is 6.54 Å². The van der Waals surface area contributed by atoms with E-state index in [1.54, 1.807) is 0 Å². The number of carboxylic acids is 1. The topological polar surface area (TPSA) is 101 Å². The van der Waals surface area contributed by atoms with Crippen molar-refractivity contribution in [2.45, 2.75) is 19.3 Å². The number of likely N-dealkylation sites (N-methyl/N-ethyl adjacent to an activating group) is 1. The summed E-state index contributed by atoms with van der Waals surface area (Å²) >= 11 is 0. The first-order valence-corrected chi connectivity index (χ1v) is 3.05. The van der Waals surface area contributed by atoms with E-state index in [1.807, 2.05) is 0 Å². The number of aliphatic hydroxyl groups is 2. The molecule has 0 aromatic heterocycles. The highest BCUT2D eigenvalue weighted by Crippen LogP contribution is 1.99. The Morgan fingerprint density at radius 3 is 2.09 bits per heavy atom. The van der Waals surface area contributed by atoms with Crippen LogP contribution in [0.5, 0.6) is 0 Å². The van der Waals surface area contributed by atoms with E-state index in [4.69, 9.17) is 20.5 Å². The monoisotopic (exact) mass is 165 g/mol. The van der Waals surface area contributed by atoms with E-state index in [9.17, 15) is 4.79 Å². The van der Waals surface area contributed by atoms with Gasteiger partial charge in [0.25, 0.3) is 0 Å². The van der Waals surface area contributed by atoms with E-state index < -0.39 is 18.3 Å². The number of carboxylic acid groups (broad SMARTS) is 1. The molecule has 0 unspecified atom stereocenters. The molecule has 6 nitrogen and oxygen atoms in total. The molecule has 0 spiro atoms. The molecule has 0 heterocycles. The number of hydroxylamine groups is 2. The summed E-state index contributed by atoms with van der Waals surface area (Å²) in [4.78, 5) is 10.2. The highest BCUT2D eigenvalue weighted by atomic mass is 16.5. The van der Waals surface area contributed by atoms with E-state index in [0.29, 0.717) is 5.06 Å². The van der Waals surface area contributed by atoms with E-state index in [-0.39, 0.29) is 6.54 Å². The average molecular weight is 165 g/mol. The van der Waals surface area contributed by atoms with Crippen LogP contribution in [0.15, 0.2) is 0 Å². The van der Waals surface area contributed by atoms with Crippen LogP contribution in [0.1, 0.15) is 6.92 Å². The Hall–Kier alpha value is -0.690. The van der Waals surface area contributed by atoms with Gasteiger partial charge in [-0.3, -0.25) is 4.79 Å². The smallest absolute Gasteiger partial charge is 0.328 e. The van der Waals surface area contributed by atoms with Crippen LogP contribution in [0.25, 0.3) is 0 Å². The van der Waals surface area contributed by atoms with Crippen molar-refractivity contribution in [3.8, 4) is 0 Å². The molecule has 0 radical (unpaired) electrons. The van der Waals surface area contributed by atoms with Gasteiger partial charge in [0.2, 0.25) is 0 Å². The minimum atomic E-state index is -2.09. The summed E-state index contributed by atoms with van der Waals surface area (Å²) < 4.78 is 0. The maximum Gasteiger partial charge on any atom is 0.328 e. The summed E-state index contributed by atoms with van der Waals surface area (Å²) in [5.41, 5.74) is 0. The van der Waals surface area contributed by atoms with E-state index in [0.717, 1.165) is 0 Å². The summed E-state index contributed by atoms with van der Waals surface area (Å²) in [5, 5.41) is 34.4. The maximum atomic E-state index is 10.2. The van der Waals surface area contributed by atoms with Gasteiger partial charge in [0.1, 0.15) is 0 Å². The molecule has 0 aromatic carbocycles. The lowest BCUT2D eigenvalue weighted by molar-refractivity contribution is -0.210. The summed E-state index contributed by atoms with van der Waals surface area (Å²) in [5.74, 6) is -1.48. The summed E-state index contributed by atoms with van der Waals surface area (Å²) in [6.45, 7) is 1.49. The number of hydrogen-bond acceptors (Lipinski definition) is 5. The maximum absolute atomic E-state index is 10.2. The van der Waals surface area contributed by atoms with Crippen LogP contribution >= 0.6 is 0 Å². The van der Waals surface area contributed by atoms with Crippen molar-refractivity contribution in [2.24, 2.45) is 0 Å². The van der Waals surface area contributed by atoms with Gasteiger partial charge in [-0.1, -0.05) is 6.92 Å². The quantitative estimate of drug-likeness (QED) is 0.297. The van der Waals surface area contributed by atoms with Crippen LogP contribution in [-0.4, -0.2) is 50.4 Å². The molecule has 4 N–H and O–H groups in total. The molecule has 0 aliphatic carbocycles. The fourth-order valence-electron chi connectivity index (χ4n) is 0.606. The molecule has 0 aromatic rings. The molecule has 0 fully saturated rings. The second-order valence-corrected chi connectivity index (χ2v) is 1.95. The SMILES string of the molecule is CCN(O)[C@H](C(=O)O)C(O)O. The van der Waals surface area contributed by atoms with Gasteiger partial charge in [0.05, 0.1) is 0 Å². The van der Waals surface area contributed by atoms with Gasteiger partial charge in [0.15, 0.2) is 12.3 Å². The van der Waals surface area contributed by atoms with Gasteiger partial charge in [-0.2, -0.15) is 5.06 Å². The van der Waals surface area contributed by atoms with Crippen LogP contribution in [0.4, 0.5) is 0 Å².